The third-order valence-corrected chi connectivity index (χ3v) is 26.4. The van der Waals surface area contributed by atoms with Gasteiger partial charge in [0.1, 0.15) is 126 Å². The molecule has 45 heteroatoms. The average Bonchev–Trinajstić information content (AvgIpc) is 1.46. The molecule has 120 heavy (non-hydrogen) atoms. The summed E-state index contributed by atoms with van der Waals surface area (Å²) in [5.41, 5.74) is -0.235. The Labute approximate surface area is 711 Å². The van der Waals surface area contributed by atoms with Crippen molar-refractivity contribution in [1.29, 1.82) is 0 Å². The van der Waals surface area contributed by atoms with Crippen molar-refractivity contribution in [3.8, 4) is 0 Å². The van der Waals surface area contributed by atoms with Crippen molar-refractivity contribution >= 4 is 163 Å². The second-order valence-corrected chi connectivity index (χ2v) is 34.9. The van der Waals surface area contributed by atoms with Crippen LogP contribution < -0.4 is 64.2 Å². The Morgan fingerprint density at radius 1 is 0.783 bits per heavy atom. The number of ether oxygens (including phenoxy) is 2. The van der Waals surface area contributed by atoms with Crippen molar-refractivity contribution in [2.75, 3.05) is 24.4 Å². The smallest absolute Gasteiger partial charge is 0.357 e. The van der Waals surface area contributed by atoms with Gasteiger partial charge in [-0.05, 0) is 85.8 Å². The summed E-state index contributed by atoms with van der Waals surface area (Å²) in [6.45, 7) is 19.2. The minimum atomic E-state index is -2.22. The number of fused-ring (bicyclic) bond motifs is 7. The van der Waals surface area contributed by atoms with E-state index in [1.165, 1.54) is 95.1 Å². The Kier molecular flexibility index (Phi) is 30.0. The molecule has 0 aromatic carbocycles. The Morgan fingerprint density at radius 3 is 2.13 bits per heavy atom. The summed E-state index contributed by atoms with van der Waals surface area (Å²) >= 11 is 5.41. The second kappa shape index (κ2) is 39.1. The number of methoxy groups -OCH3 is 1. The van der Waals surface area contributed by atoms with E-state index in [0.29, 0.717) is 6.42 Å². The van der Waals surface area contributed by atoms with Crippen LogP contribution in [0.25, 0.3) is 6.08 Å². The zero-order valence-electron chi connectivity index (χ0n) is 66.9. The van der Waals surface area contributed by atoms with E-state index in [9.17, 15) is 73.5 Å². The number of nitrogens with one attached hydrogen (secondary N) is 11. The van der Waals surface area contributed by atoms with Gasteiger partial charge in [-0.15, -0.1) is 57.1 Å². The maximum atomic E-state index is 15.5. The molecular weight excluding hydrogens is 1680 g/mol. The Bertz CT molecular complexity index is 4980. The van der Waals surface area contributed by atoms with Crippen molar-refractivity contribution in [1.82, 2.24) is 83.4 Å². The van der Waals surface area contributed by atoms with Crippen LogP contribution in [0.3, 0.4) is 0 Å². The summed E-state index contributed by atoms with van der Waals surface area (Å²) in [5, 5.41) is 93.1. The van der Waals surface area contributed by atoms with E-state index in [2.05, 4.69) is 85.0 Å². The number of rotatable bonds is 16. The van der Waals surface area contributed by atoms with Crippen LogP contribution >= 0.6 is 68.9 Å². The van der Waals surface area contributed by atoms with Crippen molar-refractivity contribution in [2.24, 2.45) is 21.6 Å². The predicted octanol–water partition coefficient (Wildman–Crippen LogP) is 0.410. The molecule has 0 fully saturated rings. The van der Waals surface area contributed by atoms with E-state index in [1.807, 2.05) is 0 Å². The van der Waals surface area contributed by atoms with E-state index in [4.69, 9.17) is 30.2 Å². The number of cyclic esters (lactones) is 1. The number of nitrogens with two attached hydrogens (primary N) is 1. The molecule has 18 N–H and O–H groups in total. The zero-order chi connectivity index (χ0) is 87.8. The normalized spacial score (nSPS) is 26.7. The van der Waals surface area contributed by atoms with Gasteiger partial charge in [0.2, 0.25) is 41.4 Å². The molecule has 19 atom stereocenters. The standard InChI is InChI=1S/C75H93N19O20S6/c1-14-28(3)50-65(108)79-30(5)59(102)77-29(4)58(101)78-31(6)60(103)94-75-19-18-41(68-88-45(24-117-68)61(104)85-44(57(76)100)21-115-22-49(71(110)113-13)80-36(11)98)83-55(75)43-23-118-69(86-43)52(34(9)114-72(111)42-20-38(32(7)95)37-16-17-40(81-50)54(99)53(37)82-42)92-62(105)46-26-119-70(89-46)56(74(12,112)35(10)97)93-64(107)47-25-116-67(87-47)39(15-2)84-66(109)51(33(8)96)91-63(106)48-27-120-73(75)90-48/h15-17,20,23-24,26-28,30-35,40,44,47,49-52,54-56,81,95-97,99,112H,4,14,18-19,21-22,25H2,1-3,5-13H3,(H2,76,100)(H,77,102)(H,78,101)(H,79,108)(H,80,98)(H,84,109)(H,85,104)(H,91,106)(H,92,105)(H,93,107)(H,94,103)/b39-15-/t28-,30-,31-,32-,33+,34+,35+,40?,44?,47-,49?,50-,51-,52-,54-,55+,56+,74+,75?/m0/s1. The number of nitrogens with zero attached hydrogens (tertiary/aromatic N) is 7. The topological polar surface area (TPSA) is 589 Å². The highest BCUT2D eigenvalue weighted by Gasteiger charge is 2.52. The Hall–Kier alpha value is -10.2. The molecule has 0 saturated heterocycles. The highest BCUT2D eigenvalue weighted by molar-refractivity contribution is 8.14. The number of esters is 2. The third kappa shape index (κ3) is 20.9. The van der Waals surface area contributed by atoms with Gasteiger partial charge in [0.25, 0.3) is 23.6 Å². The first-order valence-corrected chi connectivity index (χ1v) is 43.4. The number of aromatic nitrogens is 5. The highest BCUT2D eigenvalue weighted by atomic mass is 32.2. The molecule has 5 aliphatic rings. The number of carbonyl (C=O) groups excluding carboxylic acids is 13. The van der Waals surface area contributed by atoms with Gasteiger partial charge < -0.3 is 93.9 Å². The first-order chi connectivity index (χ1) is 56.7. The number of allylic oxidation sites excluding steroid dienone is 1. The molecule has 0 radical (unpaired) electrons. The Morgan fingerprint density at radius 2 is 1.47 bits per heavy atom. The van der Waals surface area contributed by atoms with Gasteiger partial charge in [-0.2, -0.15) is 11.8 Å². The van der Waals surface area contributed by atoms with Crippen LogP contribution in [0.2, 0.25) is 0 Å². The van der Waals surface area contributed by atoms with Crippen LogP contribution in [0.5, 0.6) is 0 Å². The fraction of sp³-hybridized carbons (Fsp3) is 0.493. The predicted molar refractivity (Wildman–Crippen MR) is 442 cm³/mol. The molecule has 11 amide bonds. The molecule has 1 aliphatic carbocycles. The Balaban J connectivity index is 1.16. The van der Waals surface area contributed by atoms with Gasteiger partial charge >= 0.3 is 11.9 Å². The van der Waals surface area contributed by atoms with Gasteiger partial charge in [-0.1, -0.05) is 45.1 Å². The lowest BCUT2D eigenvalue weighted by molar-refractivity contribution is -0.144. The third-order valence-electron chi connectivity index (χ3n) is 20.5. The molecule has 13 bridgehead atoms. The van der Waals surface area contributed by atoms with Gasteiger partial charge in [0.05, 0.1) is 66.0 Å². The summed E-state index contributed by atoms with van der Waals surface area (Å²) in [5.74, 6) is -12.6. The molecule has 5 aromatic heterocycles. The minimum absolute atomic E-state index is 0.0206. The lowest BCUT2D eigenvalue weighted by Crippen LogP contribution is -2.57. The number of aliphatic hydroxyl groups excluding tert-OH is 4. The molecule has 0 spiro atoms. The van der Waals surface area contributed by atoms with Crippen LogP contribution in [0.15, 0.2) is 67.7 Å². The summed E-state index contributed by atoms with van der Waals surface area (Å²) in [6, 6.07) is -14.1. The summed E-state index contributed by atoms with van der Waals surface area (Å²) < 4.78 is 11.1. The van der Waals surface area contributed by atoms with Crippen molar-refractivity contribution in [2.45, 2.75) is 204 Å². The minimum Gasteiger partial charge on any atom is -0.467 e. The van der Waals surface area contributed by atoms with E-state index < -0.39 is 208 Å². The van der Waals surface area contributed by atoms with Crippen LogP contribution in [0, 0.1) is 5.92 Å². The summed E-state index contributed by atoms with van der Waals surface area (Å²) in [4.78, 5) is 217. The molecule has 0 saturated carbocycles. The van der Waals surface area contributed by atoms with E-state index in [0.717, 1.165) is 76.0 Å². The fourth-order valence-electron chi connectivity index (χ4n) is 13.1. The summed E-state index contributed by atoms with van der Waals surface area (Å²) in [6.07, 6.45) is -3.24. The van der Waals surface area contributed by atoms with Crippen molar-refractivity contribution in [3.05, 3.63) is 123 Å². The van der Waals surface area contributed by atoms with Crippen LogP contribution in [-0.4, -0.2) is 235 Å². The number of thiazole rings is 4. The van der Waals surface area contributed by atoms with E-state index in [-0.39, 0.29) is 100 Å². The lowest BCUT2D eigenvalue weighted by Gasteiger charge is -2.41. The SMILES string of the molecule is C=C1NC(=O)[C@H](C)NC(=O)[C@H]([C@@H](C)CC)NC2C=Cc3c([C@H](C)O)cc(nc3[C@H]2O)C(=O)O[C@H](C)[C@@H]2NC(=O)c3csc(n3)[C@H]([C@](C)(O)[C@@H](C)O)NC(=O)[C@@H]3CSC(=N3)/C(=C/C)NC(=O)[C@H]([C@@H](C)O)NC(=O)c3csc(n3)C3(CCC(c4nc(C(=O)NC(CSCC(NC(C)=O)C(=O)OC)C(N)=O)cs4)=N[C@@H]3c3csc2n3)NC(=O)[C@H](C)NC1=O. The quantitative estimate of drug-likeness (QED) is 0.0470. The first-order valence-electron chi connectivity index (χ1n) is 37.8. The number of carbonyl (C=O) groups is 13. The highest BCUT2D eigenvalue weighted by Crippen LogP contribution is 2.48. The van der Waals surface area contributed by atoms with Crippen LogP contribution in [0.4, 0.5) is 0 Å². The number of hydrogen-bond acceptors (Lipinski definition) is 34. The molecule has 644 valence electrons. The maximum absolute atomic E-state index is 15.5. The molecule has 10 rings (SSSR count). The fourth-order valence-corrected chi connectivity index (χ4v) is 19.0. The number of thioether (sulfide) groups is 2. The molecule has 9 heterocycles. The van der Waals surface area contributed by atoms with Crippen LogP contribution in [-0.2, 0) is 58.2 Å². The van der Waals surface area contributed by atoms with Gasteiger partial charge in [0.15, 0.2) is 0 Å². The molecule has 39 nitrogen and oxygen atoms in total. The van der Waals surface area contributed by atoms with Crippen molar-refractivity contribution < 1.29 is 97.3 Å². The monoisotopic (exact) mass is 1770 g/mol. The molecular formula is C75H93N19O20S6. The molecule has 5 aromatic rings. The number of aliphatic imine (C=N–C) groups is 2. The van der Waals surface area contributed by atoms with E-state index in [1.54, 1.807) is 26.8 Å². The number of hydrogen-bond donors (Lipinski definition) is 17. The number of primary amides is 1. The zero-order valence-corrected chi connectivity index (χ0v) is 71.8. The average molecular weight is 1770 g/mol. The van der Waals surface area contributed by atoms with Crippen molar-refractivity contribution in [3.63, 3.8) is 0 Å². The largest absolute Gasteiger partial charge is 0.467 e. The van der Waals surface area contributed by atoms with Gasteiger partial charge in [0, 0.05) is 51.3 Å². The second-order valence-electron chi connectivity index (χ2n) is 29.3. The number of aliphatic hydroxyl groups is 5. The molecule has 4 unspecified atom stereocenters. The van der Waals surface area contributed by atoms with E-state index >= 15 is 14.4 Å². The van der Waals surface area contributed by atoms with Crippen LogP contribution in [0.1, 0.15) is 210 Å². The molecule has 4 aliphatic heterocycles. The van der Waals surface area contributed by atoms with Gasteiger partial charge in [-0.25, -0.2) is 34.5 Å². The first kappa shape index (κ1) is 92.1. The number of pyridine rings is 1. The van der Waals surface area contributed by atoms with Gasteiger partial charge in [-0.3, -0.25) is 68.0 Å². The number of amides is 11. The maximum Gasteiger partial charge on any atom is 0.357 e. The summed E-state index contributed by atoms with van der Waals surface area (Å²) in [7, 11) is 1.12. The lowest BCUT2D eigenvalue weighted by atomic mass is 9.80.